The number of anilines is 1. The van der Waals surface area contributed by atoms with E-state index in [1.807, 2.05) is 52.4 Å². The van der Waals surface area contributed by atoms with Crippen molar-refractivity contribution in [3.8, 4) is 16.3 Å². The van der Waals surface area contributed by atoms with Gasteiger partial charge in [-0.2, -0.15) is 0 Å². The summed E-state index contributed by atoms with van der Waals surface area (Å²) in [4.78, 5) is 22.2. The number of rotatable bonds is 5. The van der Waals surface area contributed by atoms with E-state index in [9.17, 15) is 4.79 Å². The van der Waals surface area contributed by atoms with E-state index in [1.165, 1.54) is 0 Å². The van der Waals surface area contributed by atoms with Crippen LogP contribution >= 0.6 is 11.3 Å². The molecule has 1 amide bonds. The Bertz CT molecular complexity index is 1060. The Morgan fingerprint density at radius 2 is 2.15 bits per heavy atom. The maximum absolute atomic E-state index is 12.4. The molecule has 3 heterocycles. The van der Waals surface area contributed by atoms with Crippen molar-refractivity contribution >= 4 is 28.7 Å². The minimum atomic E-state index is -0.116. The summed E-state index contributed by atoms with van der Waals surface area (Å²) in [5, 5.41) is 4.93. The Balaban J connectivity index is 1.56. The Labute approximate surface area is 154 Å². The van der Waals surface area contributed by atoms with Crippen molar-refractivity contribution in [3.05, 3.63) is 65.9 Å². The molecule has 0 atom stereocenters. The number of carbonyl (C=O) groups excluding carboxylic acids is 1. The summed E-state index contributed by atoms with van der Waals surface area (Å²) >= 11 is 1.62. The third-order valence-electron chi connectivity index (χ3n) is 3.94. The van der Waals surface area contributed by atoms with Gasteiger partial charge in [0.15, 0.2) is 5.65 Å². The molecule has 6 nitrogen and oxygen atoms in total. The second-order valence-electron chi connectivity index (χ2n) is 5.70. The summed E-state index contributed by atoms with van der Waals surface area (Å²) in [6.45, 7) is 0. The van der Waals surface area contributed by atoms with Gasteiger partial charge in [-0.15, -0.1) is 11.3 Å². The lowest BCUT2D eigenvalue weighted by Gasteiger charge is -2.07. The molecule has 4 aromatic rings. The van der Waals surface area contributed by atoms with Crippen LogP contribution in [0.2, 0.25) is 0 Å². The zero-order valence-electron chi connectivity index (χ0n) is 14.0. The van der Waals surface area contributed by atoms with Crippen LogP contribution in [0.4, 0.5) is 5.82 Å². The predicted molar refractivity (Wildman–Crippen MR) is 102 cm³/mol. The molecule has 0 unspecified atom stereocenters. The summed E-state index contributed by atoms with van der Waals surface area (Å²) in [7, 11) is 1.61. The highest BCUT2D eigenvalue weighted by Gasteiger charge is 2.11. The van der Waals surface area contributed by atoms with Crippen LogP contribution in [0.1, 0.15) is 5.56 Å². The number of methoxy groups -OCH3 is 1. The molecule has 26 heavy (non-hydrogen) atoms. The highest BCUT2D eigenvalue weighted by Crippen LogP contribution is 2.24. The first-order valence-corrected chi connectivity index (χ1v) is 8.90. The fourth-order valence-corrected chi connectivity index (χ4v) is 3.38. The van der Waals surface area contributed by atoms with Crippen molar-refractivity contribution in [1.82, 2.24) is 14.4 Å². The molecule has 0 spiro atoms. The van der Waals surface area contributed by atoms with Gasteiger partial charge >= 0.3 is 0 Å². The molecule has 1 N–H and O–H groups in total. The highest BCUT2D eigenvalue weighted by molar-refractivity contribution is 7.13. The number of thiophene rings is 1. The van der Waals surface area contributed by atoms with Crippen LogP contribution in [0.3, 0.4) is 0 Å². The van der Waals surface area contributed by atoms with Gasteiger partial charge in [-0.1, -0.05) is 18.2 Å². The molecule has 7 heteroatoms. The van der Waals surface area contributed by atoms with E-state index in [-0.39, 0.29) is 12.3 Å². The molecule has 0 aliphatic carbocycles. The summed E-state index contributed by atoms with van der Waals surface area (Å²) in [5.41, 5.74) is 2.41. The monoisotopic (exact) mass is 364 g/mol. The number of benzene rings is 1. The summed E-state index contributed by atoms with van der Waals surface area (Å²) in [5.74, 6) is 1.24. The molecule has 0 aliphatic heterocycles. The second kappa shape index (κ2) is 6.97. The van der Waals surface area contributed by atoms with Gasteiger partial charge in [0.25, 0.3) is 0 Å². The van der Waals surface area contributed by atoms with Crippen LogP contribution in [-0.4, -0.2) is 27.4 Å². The molecule has 3 aromatic heterocycles. The summed E-state index contributed by atoms with van der Waals surface area (Å²) < 4.78 is 7.04. The van der Waals surface area contributed by atoms with Crippen LogP contribution in [0.15, 0.2) is 60.4 Å². The number of hydrogen-bond donors (Lipinski definition) is 1. The first-order valence-electron chi connectivity index (χ1n) is 8.03. The molecule has 0 saturated carbocycles. The van der Waals surface area contributed by atoms with Crippen LogP contribution in [0.5, 0.6) is 5.75 Å². The lowest BCUT2D eigenvalue weighted by molar-refractivity contribution is -0.115. The maximum atomic E-state index is 12.4. The van der Waals surface area contributed by atoms with Gasteiger partial charge in [-0.3, -0.25) is 9.20 Å². The molecule has 0 aliphatic rings. The van der Waals surface area contributed by atoms with Crippen molar-refractivity contribution in [2.24, 2.45) is 0 Å². The number of nitrogens with zero attached hydrogens (tertiary/aromatic N) is 3. The molecule has 130 valence electrons. The van der Waals surface area contributed by atoms with Crippen molar-refractivity contribution in [2.45, 2.75) is 6.42 Å². The quantitative estimate of drug-likeness (QED) is 0.587. The number of amides is 1. The van der Waals surface area contributed by atoms with Crippen LogP contribution in [0, 0.1) is 0 Å². The zero-order chi connectivity index (χ0) is 17.9. The third kappa shape index (κ3) is 3.29. The molecule has 0 saturated heterocycles. The van der Waals surface area contributed by atoms with Crippen molar-refractivity contribution < 1.29 is 9.53 Å². The lowest BCUT2D eigenvalue weighted by Crippen LogP contribution is -2.15. The first kappa shape index (κ1) is 16.3. The molecule has 1 aromatic carbocycles. The zero-order valence-corrected chi connectivity index (χ0v) is 14.9. The summed E-state index contributed by atoms with van der Waals surface area (Å²) in [6.07, 6.45) is 5.48. The van der Waals surface area contributed by atoms with E-state index in [0.717, 1.165) is 21.9 Å². The Morgan fingerprint density at radius 3 is 2.96 bits per heavy atom. The predicted octanol–water partition coefficient (Wildman–Crippen LogP) is 3.65. The average molecular weight is 364 g/mol. The lowest BCUT2D eigenvalue weighted by atomic mass is 10.1. The van der Waals surface area contributed by atoms with Gasteiger partial charge < -0.3 is 10.1 Å². The fraction of sp³-hybridized carbons (Fsp3) is 0.105. The van der Waals surface area contributed by atoms with Crippen molar-refractivity contribution in [2.75, 3.05) is 12.4 Å². The van der Waals surface area contributed by atoms with E-state index < -0.39 is 0 Å². The molecule has 0 radical (unpaired) electrons. The molecular weight excluding hydrogens is 348 g/mol. The Morgan fingerprint density at radius 1 is 1.23 bits per heavy atom. The van der Waals surface area contributed by atoms with Crippen molar-refractivity contribution in [3.63, 3.8) is 0 Å². The Kier molecular flexibility index (Phi) is 4.37. The number of fused-ring (bicyclic) bond motifs is 1. The average Bonchev–Trinajstić information content (AvgIpc) is 3.32. The fourth-order valence-electron chi connectivity index (χ4n) is 2.69. The topological polar surface area (TPSA) is 68.5 Å². The molecule has 0 bridgehead atoms. The van der Waals surface area contributed by atoms with Crippen LogP contribution in [-0.2, 0) is 11.2 Å². The van der Waals surface area contributed by atoms with Gasteiger partial charge in [-0.05, 0) is 29.1 Å². The minimum absolute atomic E-state index is 0.116. The summed E-state index contributed by atoms with van der Waals surface area (Å²) in [6, 6.07) is 11.5. The van der Waals surface area contributed by atoms with E-state index >= 15 is 0 Å². The van der Waals surface area contributed by atoms with Gasteiger partial charge in [0.1, 0.15) is 11.6 Å². The SMILES string of the molecule is COc1cccc(CC(=O)Nc2cnc3cnc(-c4cccs4)cn23)c1. The highest BCUT2D eigenvalue weighted by atomic mass is 32.1. The largest absolute Gasteiger partial charge is 0.497 e. The smallest absolute Gasteiger partial charge is 0.229 e. The van der Waals surface area contributed by atoms with Crippen LogP contribution in [0.25, 0.3) is 16.2 Å². The molecular formula is C19H16N4O2S. The normalized spacial score (nSPS) is 10.8. The van der Waals surface area contributed by atoms with Gasteiger partial charge in [0.05, 0.1) is 36.5 Å². The number of aromatic nitrogens is 3. The minimum Gasteiger partial charge on any atom is -0.497 e. The van der Waals surface area contributed by atoms with E-state index in [0.29, 0.717) is 11.5 Å². The van der Waals surface area contributed by atoms with E-state index in [1.54, 1.807) is 30.8 Å². The standard InChI is InChI=1S/C19H16N4O2S/c1-25-14-5-2-4-13(8-14)9-19(24)22-18-11-21-17-10-20-15(12-23(17)18)16-6-3-7-26-16/h2-8,10-12H,9H2,1H3,(H,22,24). The van der Waals surface area contributed by atoms with E-state index in [2.05, 4.69) is 15.3 Å². The van der Waals surface area contributed by atoms with E-state index in [4.69, 9.17) is 4.74 Å². The second-order valence-corrected chi connectivity index (χ2v) is 6.65. The van der Waals surface area contributed by atoms with Crippen molar-refractivity contribution in [1.29, 1.82) is 0 Å². The number of nitrogens with one attached hydrogen (secondary N) is 1. The third-order valence-corrected chi connectivity index (χ3v) is 4.83. The van der Waals surface area contributed by atoms with Gasteiger partial charge in [-0.25, -0.2) is 9.97 Å². The first-order chi connectivity index (χ1) is 12.7. The molecule has 4 rings (SSSR count). The number of hydrogen-bond acceptors (Lipinski definition) is 5. The number of ether oxygens (including phenoxy) is 1. The molecule has 0 fully saturated rings. The van der Waals surface area contributed by atoms with Gasteiger partial charge in [0.2, 0.25) is 5.91 Å². The van der Waals surface area contributed by atoms with Crippen LogP contribution < -0.4 is 10.1 Å². The Hall–Kier alpha value is -3.19. The number of imidazole rings is 1. The number of carbonyl (C=O) groups is 1. The van der Waals surface area contributed by atoms with Gasteiger partial charge in [0, 0.05) is 6.20 Å². The maximum Gasteiger partial charge on any atom is 0.229 e.